The van der Waals surface area contributed by atoms with Crippen LogP contribution in [0.4, 0.5) is 0 Å². The van der Waals surface area contributed by atoms with E-state index in [1.54, 1.807) is 6.08 Å². The molecule has 0 aromatic rings. The van der Waals surface area contributed by atoms with Crippen LogP contribution >= 0.6 is 7.82 Å². The Balaban J connectivity index is 4.41. The van der Waals surface area contributed by atoms with Crippen molar-refractivity contribution in [2.24, 2.45) is 0 Å². The number of likely N-dealkylation sites (N-methyl/N-ethyl adjacent to an activating group) is 1. The molecule has 1 N–H and O–H groups in total. The third-order valence-electron chi connectivity index (χ3n) is 8.66. The van der Waals surface area contributed by atoms with Gasteiger partial charge in [0.05, 0.1) is 40.5 Å². The molecule has 0 saturated carbocycles. The van der Waals surface area contributed by atoms with Crippen LogP contribution in [0.1, 0.15) is 149 Å². The van der Waals surface area contributed by atoms with Crippen LogP contribution in [-0.4, -0.2) is 81.9 Å². The lowest BCUT2D eigenvalue weighted by atomic mass is 10.0. The lowest BCUT2D eigenvalue weighted by Crippen LogP contribution is -2.37. The van der Waals surface area contributed by atoms with E-state index in [4.69, 9.17) is 18.5 Å². The SMILES string of the molecule is CC/C=C\C=C\C(O)C/C=C\C/C=C\C/C=C\CCCC(=O)OC(COCCCCCCCCCCCCCCCC)COP(=O)([O-])OCC[N+](C)(C)C. The van der Waals surface area contributed by atoms with Crippen molar-refractivity contribution in [1.82, 2.24) is 0 Å². The predicted molar refractivity (Wildman–Crippen MR) is 223 cm³/mol. The number of hydrogen-bond acceptors (Lipinski definition) is 8. The maximum atomic E-state index is 12.6. The predicted octanol–water partition coefficient (Wildman–Crippen LogP) is 10.5. The van der Waals surface area contributed by atoms with Crippen LogP contribution in [0.2, 0.25) is 0 Å². The van der Waals surface area contributed by atoms with Crippen LogP contribution in [0.5, 0.6) is 0 Å². The molecule has 0 bridgehead atoms. The van der Waals surface area contributed by atoms with Crippen molar-refractivity contribution in [2.75, 3.05) is 54.1 Å². The summed E-state index contributed by atoms with van der Waals surface area (Å²) >= 11 is 0. The van der Waals surface area contributed by atoms with Gasteiger partial charge >= 0.3 is 5.97 Å². The summed E-state index contributed by atoms with van der Waals surface area (Å²) in [5.41, 5.74) is 0. The normalized spacial score (nSPS) is 15.0. The van der Waals surface area contributed by atoms with Crippen LogP contribution in [0.3, 0.4) is 0 Å². The highest BCUT2D eigenvalue weighted by molar-refractivity contribution is 7.45. The molecule has 0 spiro atoms. The molecular formula is C44H80NO8P. The first-order valence-electron chi connectivity index (χ1n) is 21.1. The van der Waals surface area contributed by atoms with Gasteiger partial charge < -0.3 is 33.0 Å². The van der Waals surface area contributed by atoms with Gasteiger partial charge in [-0.05, 0) is 44.9 Å². The molecule has 0 aromatic heterocycles. The minimum Gasteiger partial charge on any atom is -0.756 e. The molecule has 9 nitrogen and oxygen atoms in total. The minimum absolute atomic E-state index is 0.00531. The summed E-state index contributed by atoms with van der Waals surface area (Å²) in [6.45, 7) is 5.09. The van der Waals surface area contributed by atoms with Crippen molar-refractivity contribution < 1.29 is 42.4 Å². The monoisotopic (exact) mass is 782 g/mol. The van der Waals surface area contributed by atoms with Gasteiger partial charge in [-0.2, -0.15) is 0 Å². The second kappa shape index (κ2) is 36.8. The quantitative estimate of drug-likeness (QED) is 0.0164. The molecule has 0 amide bonds. The summed E-state index contributed by atoms with van der Waals surface area (Å²) in [7, 11) is 1.28. The Morgan fingerprint density at radius 2 is 1.28 bits per heavy atom. The lowest BCUT2D eigenvalue weighted by Gasteiger charge is -2.28. The van der Waals surface area contributed by atoms with Crippen LogP contribution in [0, 0.1) is 0 Å². The molecule has 0 radical (unpaired) electrons. The van der Waals surface area contributed by atoms with E-state index in [2.05, 4.69) is 32.1 Å². The fraction of sp³-hybridized carbons (Fsp3) is 0.750. The molecule has 0 aliphatic heterocycles. The third-order valence-corrected chi connectivity index (χ3v) is 9.63. The number of carbonyl (C=O) groups is 1. The van der Waals surface area contributed by atoms with Crippen LogP contribution < -0.4 is 4.89 Å². The van der Waals surface area contributed by atoms with E-state index in [-0.39, 0.29) is 26.2 Å². The van der Waals surface area contributed by atoms with Gasteiger partial charge in [0.25, 0.3) is 7.82 Å². The molecule has 0 aliphatic rings. The molecule has 3 atom stereocenters. The first-order chi connectivity index (χ1) is 26.0. The molecule has 0 aliphatic carbocycles. The van der Waals surface area contributed by atoms with Crippen molar-refractivity contribution in [2.45, 2.75) is 161 Å². The first-order valence-corrected chi connectivity index (χ1v) is 22.6. The molecule has 0 heterocycles. The Hall–Kier alpha value is -1.84. The summed E-state index contributed by atoms with van der Waals surface area (Å²) in [6, 6.07) is 0. The lowest BCUT2D eigenvalue weighted by molar-refractivity contribution is -0.870. The zero-order chi connectivity index (χ0) is 40.0. The van der Waals surface area contributed by atoms with Crippen molar-refractivity contribution in [3.8, 4) is 0 Å². The van der Waals surface area contributed by atoms with E-state index in [9.17, 15) is 19.4 Å². The van der Waals surface area contributed by atoms with Crippen LogP contribution in [0.15, 0.2) is 60.8 Å². The number of phosphoric ester groups is 1. The first kappa shape index (κ1) is 52.2. The van der Waals surface area contributed by atoms with Gasteiger partial charge in [0, 0.05) is 13.0 Å². The maximum Gasteiger partial charge on any atom is 0.306 e. The largest absolute Gasteiger partial charge is 0.756 e. The Bertz CT molecular complexity index is 1070. The highest BCUT2D eigenvalue weighted by Gasteiger charge is 2.20. The number of aliphatic hydroxyl groups excluding tert-OH is 1. The molecule has 54 heavy (non-hydrogen) atoms. The van der Waals surface area contributed by atoms with Crippen molar-refractivity contribution >= 4 is 13.8 Å². The molecule has 314 valence electrons. The van der Waals surface area contributed by atoms with Gasteiger partial charge in [0.15, 0.2) is 0 Å². The topological polar surface area (TPSA) is 114 Å². The van der Waals surface area contributed by atoms with E-state index in [0.29, 0.717) is 30.5 Å². The average Bonchev–Trinajstić information content (AvgIpc) is 3.12. The number of quaternary nitrogens is 1. The number of aliphatic hydroxyl groups is 1. The number of allylic oxidation sites excluding steroid dienone is 8. The van der Waals surface area contributed by atoms with Gasteiger partial charge in [-0.25, -0.2) is 0 Å². The zero-order valence-corrected chi connectivity index (χ0v) is 35.9. The van der Waals surface area contributed by atoms with Gasteiger partial charge in [-0.1, -0.05) is 158 Å². The van der Waals surface area contributed by atoms with E-state index < -0.39 is 26.0 Å². The second-order valence-electron chi connectivity index (χ2n) is 15.2. The number of carbonyl (C=O) groups excluding carboxylic acids is 1. The highest BCUT2D eigenvalue weighted by Crippen LogP contribution is 2.38. The Morgan fingerprint density at radius 1 is 0.704 bits per heavy atom. The van der Waals surface area contributed by atoms with Gasteiger partial charge in [0.2, 0.25) is 0 Å². The number of nitrogens with zero attached hydrogens (tertiary/aromatic N) is 1. The molecule has 0 aromatic carbocycles. The fourth-order valence-electron chi connectivity index (χ4n) is 5.36. The summed E-state index contributed by atoms with van der Waals surface area (Å²) in [5.74, 6) is -0.409. The standard InChI is InChI=1S/C44H80NO8P/c1-6-8-10-12-13-14-15-16-17-20-23-26-29-33-38-50-40-43(41-52-54(48,49)51-39-37-45(3,4)5)53-44(47)36-32-28-25-22-19-18-21-24-27-31-35-42(46)34-30-11-9-7-2/h9,11,18,21-22,25,27,30-31,34,42-43,46H,6-8,10,12-17,19-20,23-24,26,28-29,32-33,35-41H2,1-5H3/b11-9-,21-18-,25-22-,31-27-,34-30+. The average molecular weight is 782 g/mol. The fourth-order valence-corrected chi connectivity index (χ4v) is 6.09. The summed E-state index contributed by atoms with van der Waals surface area (Å²) in [4.78, 5) is 25.0. The minimum atomic E-state index is -4.55. The third kappa shape index (κ3) is 39.8. The van der Waals surface area contributed by atoms with Crippen molar-refractivity contribution in [3.63, 3.8) is 0 Å². The van der Waals surface area contributed by atoms with Crippen molar-refractivity contribution in [1.29, 1.82) is 0 Å². The summed E-state index contributed by atoms with van der Waals surface area (Å²) in [6.07, 6.45) is 41.3. The summed E-state index contributed by atoms with van der Waals surface area (Å²) < 4.78 is 34.4. The Morgan fingerprint density at radius 3 is 1.87 bits per heavy atom. The van der Waals surface area contributed by atoms with Gasteiger partial charge in [-0.3, -0.25) is 9.36 Å². The Labute approximate surface area is 331 Å². The van der Waals surface area contributed by atoms with E-state index in [1.165, 1.54) is 77.0 Å². The number of esters is 1. The Kier molecular flexibility index (Phi) is 35.5. The number of ether oxygens (including phenoxy) is 2. The molecule has 0 fully saturated rings. The number of hydrogen-bond donors (Lipinski definition) is 1. The zero-order valence-electron chi connectivity index (χ0n) is 35.0. The smallest absolute Gasteiger partial charge is 0.306 e. The number of unbranched alkanes of at least 4 members (excludes halogenated alkanes) is 14. The van der Waals surface area contributed by atoms with Crippen molar-refractivity contribution in [3.05, 3.63) is 60.8 Å². The van der Waals surface area contributed by atoms with Gasteiger partial charge in [-0.15, -0.1) is 0 Å². The maximum absolute atomic E-state index is 12.6. The highest BCUT2D eigenvalue weighted by atomic mass is 31.2. The second-order valence-corrected chi connectivity index (χ2v) is 16.6. The van der Waals surface area contributed by atoms with Crippen LogP contribution in [0.25, 0.3) is 0 Å². The summed E-state index contributed by atoms with van der Waals surface area (Å²) in [5, 5.41) is 9.92. The molecule has 0 saturated heterocycles. The number of phosphoric acid groups is 1. The number of rotatable bonds is 38. The molecule has 3 unspecified atom stereocenters. The van der Waals surface area contributed by atoms with Gasteiger partial charge in [0.1, 0.15) is 19.3 Å². The van der Waals surface area contributed by atoms with Crippen LogP contribution in [-0.2, 0) is 27.9 Å². The van der Waals surface area contributed by atoms with E-state index >= 15 is 0 Å². The molecule has 0 rings (SSSR count). The van der Waals surface area contributed by atoms with E-state index in [1.807, 2.05) is 57.6 Å². The molecule has 10 heteroatoms. The van der Waals surface area contributed by atoms with E-state index in [0.717, 1.165) is 38.5 Å². The molecular weight excluding hydrogens is 701 g/mol.